The quantitative estimate of drug-likeness (QED) is 0.244. The summed E-state index contributed by atoms with van der Waals surface area (Å²) < 4.78 is 5.55. The van der Waals surface area contributed by atoms with Crippen molar-refractivity contribution in [3.05, 3.63) is 72.3 Å². The number of phenolic OH excluding ortho intramolecular Hbond substituents is 1. The lowest BCUT2D eigenvalue weighted by atomic mass is 10.0. The average Bonchev–Trinajstić information content (AvgIpc) is 2.68. The molecule has 142 valence electrons. The molecule has 2 amide bonds. The maximum atomic E-state index is 12.2. The number of unbranched alkanes of at least 4 members (excludes halogenated alkanes) is 1. The van der Waals surface area contributed by atoms with E-state index >= 15 is 0 Å². The topological polar surface area (TPSA) is 108 Å². The summed E-state index contributed by atoms with van der Waals surface area (Å²) >= 11 is 0. The second-order valence-corrected chi connectivity index (χ2v) is 5.79. The van der Waals surface area contributed by atoms with E-state index in [0.29, 0.717) is 24.9 Å². The molecule has 0 spiro atoms. The molecule has 1 atom stereocenters. The summed E-state index contributed by atoms with van der Waals surface area (Å²) in [5.41, 5.74) is 2.91. The Morgan fingerprint density at radius 1 is 1.07 bits per heavy atom. The van der Waals surface area contributed by atoms with Crippen LogP contribution in [-0.4, -0.2) is 22.3 Å². The highest BCUT2D eigenvalue weighted by Gasteiger charge is 2.16. The first-order valence-electron chi connectivity index (χ1n) is 8.50. The van der Waals surface area contributed by atoms with E-state index in [1.54, 1.807) is 30.3 Å². The Kier molecular flexibility index (Phi) is 7.87. The van der Waals surface area contributed by atoms with Crippen LogP contribution in [0.4, 0.5) is 10.5 Å². The van der Waals surface area contributed by atoms with E-state index in [1.807, 2.05) is 18.2 Å². The van der Waals surface area contributed by atoms with Gasteiger partial charge in [-0.05, 0) is 49.1 Å². The molecule has 2 rings (SSSR count). The van der Waals surface area contributed by atoms with Gasteiger partial charge in [0.05, 0.1) is 0 Å². The molecular formula is C20H22N2O5. The predicted molar refractivity (Wildman–Crippen MR) is 100 cm³/mol. The molecule has 0 aliphatic rings. The summed E-state index contributed by atoms with van der Waals surface area (Å²) in [7, 11) is 0. The number of hydrogen-bond donors (Lipinski definition) is 4. The van der Waals surface area contributed by atoms with Crippen molar-refractivity contribution in [1.82, 2.24) is 5.48 Å². The van der Waals surface area contributed by atoms with E-state index in [9.17, 15) is 14.7 Å². The fraction of sp³-hybridized carbons (Fsp3) is 0.200. The van der Waals surface area contributed by atoms with E-state index in [4.69, 9.17) is 9.94 Å². The van der Waals surface area contributed by atoms with Gasteiger partial charge >= 0.3 is 6.09 Å². The first-order valence-corrected chi connectivity index (χ1v) is 8.50. The van der Waals surface area contributed by atoms with E-state index < -0.39 is 18.1 Å². The maximum Gasteiger partial charge on any atom is 0.412 e. The van der Waals surface area contributed by atoms with E-state index in [0.717, 1.165) is 5.56 Å². The predicted octanol–water partition coefficient (Wildman–Crippen LogP) is 3.91. The van der Waals surface area contributed by atoms with Crippen LogP contribution in [0.2, 0.25) is 0 Å². The molecule has 0 saturated carbocycles. The highest BCUT2D eigenvalue weighted by Crippen LogP contribution is 2.26. The number of allylic oxidation sites excluding steroid dienone is 1. The molecule has 2 aromatic rings. The molecule has 7 heteroatoms. The lowest BCUT2D eigenvalue weighted by Crippen LogP contribution is -2.17. The van der Waals surface area contributed by atoms with Gasteiger partial charge in [-0.15, -0.1) is 0 Å². The zero-order valence-electron chi connectivity index (χ0n) is 14.7. The van der Waals surface area contributed by atoms with Gasteiger partial charge in [-0.2, -0.15) is 0 Å². The first-order chi connectivity index (χ1) is 13.1. The third-order valence-electron chi connectivity index (χ3n) is 3.75. The molecular weight excluding hydrogens is 348 g/mol. The summed E-state index contributed by atoms with van der Waals surface area (Å²) in [6.45, 7) is 0. The van der Waals surface area contributed by atoms with Crippen molar-refractivity contribution in [1.29, 1.82) is 0 Å². The number of ether oxygens (including phenoxy) is 1. The Morgan fingerprint density at radius 3 is 2.44 bits per heavy atom. The number of aromatic hydroxyl groups is 1. The molecule has 0 saturated heterocycles. The van der Waals surface area contributed by atoms with Crippen LogP contribution in [0.3, 0.4) is 0 Å². The molecule has 4 N–H and O–H groups in total. The monoisotopic (exact) mass is 370 g/mol. The number of anilines is 1. The molecule has 0 bridgehead atoms. The van der Waals surface area contributed by atoms with Gasteiger partial charge in [0.1, 0.15) is 11.9 Å². The highest BCUT2D eigenvalue weighted by atomic mass is 16.6. The number of carbonyl (C=O) groups is 2. The van der Waals surface area contributed by atoms with Crippen molar-refractivity contribution in [2.24, 2.45) is 0 Å². The summed E-state index contributed by atoms with van der Waals surface area (Å²) in [4.78, 5) is 23.1. The lowest BCUT2D eigenvalue weighted by Gasteiger charge is -2.18. The summed E-state index contributed by atoms with van der Waals surface area (Å²) in [5, 5.41) is 20.6. The van der Waals surface area contributed by atoms with Crippen molar-refractivity contribution < 1.29 is 24.6 Å². The molecule has 0 heterocycles. The van der Waals surface area contributed by atoms with Crippen LogP contribution in [0.15, 0.2) is 66.7 Å². The standard InChI is InChI=1S/C20H22N2O5/c23-17-13-11-15(12-14-17)18(9-5-2-6-10-19(24)22-26)27-20(25)21-16-7-3-1-4-8-16/h1,3-4,6-8,10-14,18,23,26H,2,5,9H2,(H,21,25)(H,22,24)/b10-6+/t18-/m1/s1. The zero-order chi connectivity index (χ0) is 19.5. The Labute approximate surface area is 157 Å². The number of amides is 2. The largest absolute Gasteiger partial charge is 0.508 e. The fourth-order valence-electron chi connectivity index (χ4n) is 2.43. The number of phenols is 1. The summed E-state index contributed by atoms with van der Waals surface area (Å²) in [5.74, 6) is -0.465. The maximum absolute atomic E-state index is 12.2. The first kappa shape index (κ1) is 20.0. The Balaban J connectivity index is 1.96. The van der Waals surface area contributed by atoms with Gasteiger partial charge in [0, 0.05) is 11.8 Å². The number of hydrogen-bond acceptors (Lipinski definition) is 5. The minimum Gasteiger partial charge on any atom is -0.508 e. The number of para-hydroxylation sites is 1. The molecule has 0 unspecified atom stereocenters. The van der Waals surface area contributed by atoms with Crippen LogP contribution in [0.1, 0.15) is 30.9 Å². The van der Waals surface area contributed by atoms with Crippen molar-refractivity contribution in [3.8, 4) is 5.75 Å². The third-order valence-corrected chi connectivity index (χ3v) is 3.75. The average molecular weight is 370 g/mol. The molecule has 0 radical (unpaired) electrons. The van der Waals surface area contributed by atoms with Gasteiger partial charge in [-0.3, -0.25) is 15.3 Å². The van der Waals surface area contributed by atoms with E-state index in [1.165, 1.54) is 23.7 Å². The molecule has 27 heavy (non-hydrogen) atoms. The number of hydroxylamine groups is 1. The van der Waals surface area contributed by atoms with Gasteiger partial charge in [0.15, 0.2) is 0 Å². The van der Waals surface area contributed by atoms with Gasteiger partial charge in [-0.25, -0.2) is 10.3 Å². The number of benzene rings is 2. The van der Waals surface area contributed by atoms with Crippen molar-refractivity contribution >= 4 is 17.7 Å². The van der Waals surface area contributed by atoms with Gasteiger partial charge in [0.25, 0.3) is 5.91 Å². The molecule has 0 aliphatic heterocycles. The third kappa shape index (κ3) is 7.21. The zero-order valence-corrected chi connectivity index (χ0v) is 14.7. The molecule has 0 fully saturated rings. The lowest BCUT2D eigenvalue weighted by molar-refractivity contribution is -0.124. The van der Waals surface area contributed by atoms with Gasteiger partial charge in [0.2, 0.25) is 0 Å². The normalized spacial score (nSPS) is 11.7. The second kappa shape index (κ2) is 10.6. The van der Waals surface area contributed by atoms with E-state index in [2.05, 4.69) is 5.32 Å². The molecule has 7 nitrogen and oxygen atoms in total. The smallest absolute Gasteiger partial charge is 0.412 e. The molecule has 0 aromatic heterocycles. The fourth-order valence-corrected chi connectivity index (χ4v) is 2.43. The SMILES string of the molecule is O=C(/C=C/CCC[C@@H](OC(=O)Nc1ccccc1)c1ccc(O)cc1)NO. The number of carbonyl (C=O) groups excluding carboxylic acids is 2. The van der Waals surface area contributed by atoms with Crippen molar-refractivity contribution in [2.45, 2.75) is 25.4 Å². The second-order valence-electron chi connectivity index (χ2n) is 5.79. The van der Waals surface area contributed by atoms with E-state index in [-0.39, 0.29) is 5.75 Å². The van der Waals surface area contributed by atoms with Crippen LogP contribution in [0.25, 0.3) is 0 Å². The van der Waals surface area contributed by atoms with Crippen LogP contribution in [0, 0.1) is 0 Å². The summed E-state index contributed by atoms with van der Waals surface area (Å²) in [6, 6.07) is 15.4. The molecule has 2 aromatic carbocycles. The van der Waals surface area contributed by atoms with Crippen LogP contribution in [0.5, 0.6) is 5.75 Å². The minimum atomic E-state index is -0.594. The van der Waals surface area contributed by atoms with Gasteiger partial charge in [-0.1, -0.05) is 36.4 Å². The summed E-state index contributed by atoms with van der Waals surface area (Å²) in [6.07, 6.45) is 3.54. The van der Waals surface area contributed by atoms with Crippen LogP contribution >= 0.6 is 0 Å². The molecule has 0 aliphatic carbocycles. The Morgan fingerprint density at radius 2 is 1.78 bits per heavy atom. The van der Waals surface area contributed by atoms with Crippen molar-refractivity contribution in [2.75, 3.05) is 5.32 Å². The highest BCUT2D eigenvalue weighted by molar-refractivity contribution is 5.86. The Hall–Kier alpha value is -3.32. The van der Waals surface area contributed by atoms with Gasteiger partial charge < -0.3 is 9.84 Å². The minimum absolute atomic E-state index is 0.129. The Bertz CT molecular complexity index is 760. The number of nitrogens with one attached hydrogen (secondary N) is 2. The van der Waals surface area contributed by atoms with Crippen molar-refractivity contribution in [3.63, 3.8) is 0 Å². The number of rotatable bonds is 8. The van der Waals surface area contributed by atoms with Crippen LogP contribution in [-0.2, 0) is 9.53 Å². The van der Waals surface area contributed by atoms with Crippen LogP contribution < -0.4 is 10.8 Å².